The summed E-state index contributed by atoms with van der Waals surface area (Å²) in [6, 6.07) is 8.50. The number of hydrogen-bond acceptors (Lipinski definition) is 10. The van der Waals surface area contributed by atoms with Gasteiger partial charge in [0.15, 0.2) is 23.0 Å². The van der Waals surface area contributed by atoms with Crippen LogP contribution in [0.1, 0.15) is 0 Å². The van der Waals surface area contributed by atoms with Crippen LogP contribution in [0, 0.1) is 0 Å². The lowest BCUT2D eigenvalue weighted by Gasteiger charge is -2.38. The van der Waals surface area contributed by atoms with Crippen molar-refractivity contribution in [2.45, 2.75) is 30.7 Å². The van der Waals surface area contributed by atoms with E-state index in [-0.39, 0.29) is 39.2 Å². The van der Waals surface area contributed by atoms with E-state index in [2.05, 4.69) is 0 Å². The molecule has 5 atom stereocenters. The van der Waals surface area contributed by atoms with Crippen LogP contribution in [-0.2, 0) is 9.53 Å². The predicted octanol–water partition coefficient (Wildman–Crippen LogP) is 0.445. The summed E-state index contributed by atoms with van der Waals surface area (Å²) in [6.07, 6.45) is -7.78. The molecule has 3 aromatic rings. The van der Waals surface area contributed by atoms with Gasteiger partial charge >= 0.3 is 5.97 Å². The molecule has 11 nitrogen and oxygen atoms in total. The minimum Gasteiger partial charge on any atom is -0.508 e. The van der Waals surface area contributed by atoms with Crippen LogP contribution >= 0.6 is 0 Å². The predicted molar refractivity (Wildman–Crippen MR) is 111 cm³/mol. The number of ether oxygens (including phenoxy) is 3. The standard InChI is InChI=1S/C22H20O11/c1-30-13-5-2-9(12-8-31-14-7-10(23)3-4-11(14)16(12)24)6-15(13)32-22-19(27)17(25)18(26)20(33-22)21(28)29/h2-8,17-20,22-23,25-27H,1H3,(H,28,29)/t17-,18-,19+,20-,22+/m0/s1. The zero-order valence-corrected chi connectivity index (χ0v) is 17.1. The van der Waals surface area contributed by atoms with Gasteiger partial charge in [-0.1, -0.05) is 6.07 Å². The Bertz CT molecular complexity index is 1250. The zero-order chi connectivity index (χ0) is 23.9. The number of fused-ring (bicyclic) bond motifs is 1. The molecule has 1 aliphatic rings. The fourth-order valence-corrected chi connectivity index (χ4v) is 3.53. The monoisotopic (exact) mass is 460 g/mol. The number of carbonyl (C=O) groups is 1. The largest absolute Gasteiger partial charge is 0.508 e. The smallest absolute Gasteiger partial charge is 0.335 e. The Morgan fingerprint density at radius 3 is 2.45 bits per heavy atom. The molecule has 11 heteroatoms. The van der Waals surface area contributed by atoms with E-state index in [1.54, 1.807) is 6.07 Å². The van der Waals surface area contributed by atoms with Gasteiger partial charge in [-0.05, 0) is 29.8 Å². The molecule has 1 aliphatic heterocycles. The molecule has 0 spiro atoms. The summed E-state index contributed by atoms with van der Waals surface area (Å²) >= 11 is 0. The number of aliphatic hydroxyl groups is 3. The highest BCUT2D eigenvalue weighted by Gasteiger charge is 2.48. The third-order valence-electron chi connectivity index (χ3n) is 5.29. The van der Waals surface area contributed by atoms with Crippen LogP contribution in [0.4, 0.5) is 0 Å². The summed E-state index contributed by atoms with van der Waals surface area (Å²) in [4.78, 5) is 24.3. The summed E-state index contributed by atoms with van der Waals surface area (Å²) in [6.45, 7) is 0. The molecule has 1 saturated heterocycles. The Morgan fingerprint density at radius 1 is 1.00 bits per heavy atom. The lowest BCUT2D eigenvalue weighted by molar-refractivity contribution is -0.271. The maximum Gasteiger partial charge on any atom is 0.335 e. The molecule has 0 saturated carbocycles. The number of carboxylic acid groups (broad SMARTS) is 1. The average molecular weight is 460 g/mol. The van der Waals surface area contributed by atoms with Crippen LogP contribution in [0.25, 0.3) is 22.1 Å². The Morgan fingerprint density at radius 2 is 1.76 bits per heavy atom. The molecule has 33 heavy (non-hydrogen) atoms. The lowest BCUT2D eigenvalue weighted by Crippen LogP contribution is -2.61. The van der Waals surface area contributed by atoms with Crippen LogP contribution in [0.5, 0.6) is 17.2 Å². The van der Waals surface area contributed by atoms with E-state index in [1.165, 1.54) is 43.7 Å². The highest BCUT2D eigenvalue weighted by molar-refractivity contribution is 5.83. The highest BCUT2D eigenvalue weighted by atomic mass is 16.7. The molecule has 1 fully saturated rings. The van der Waals surface area contributed by atoms with Gasteiger partial charge in [-0.25, -0.2) is 4.79 Å². The van der Waals surface area contributed by atoms with Gasteiger partial charge in [0.25, 0.3) is 0 Å². The SMILES string of the molecule is COc1ccc(-c2coc3cc(O)ccc3c2=O)cc1O[C@@H]1O[C@H](C(=O)O)[C@@H](O)[C@H](O)[C@H]1O. The van der Waals surface area contributed by atoms with Gasteiger partial charge in [0.1, 0.15) is 35.9 Å². The van der Waals surface area contributed by atoms with Gasteiger partial charge in [-0.3, -0.25) is 4.79 Å². The molecule has 0 unspecified atom stereocenters. The number of methoxy groups -OCH3 is 1. The molecule has 174 valence electrons. The van der Waals surface area contributed by atoms with E-state index in [0.717, 1.165) is 0 Å². The summed E-state index contributed by atoms with van der Waals surface area (Å²) in [7, 11) is 1.34. The first-order valence-corrected chi connectivity index (χ1v) is 9.73. The fourth-order valence-electron chi connectivity index (χ4n) is 3.53. The molecule has 0 aliphatic carbocycles. The molecule has 0 amide bonds. The molecule has 1 aromatic heterocycles. The first kappa shape index (κ1) is 22.6. The molecular weight excluding hydrogens is 440 g/mol. The third kappa shape index (κ3) is 4.10. The van der Waals surface area contributed by atoms with Crippen molar-refractivity contribution in [2.75, 3.05) is 7.11 Å². The Kier molecular flexibility index (Phi) is 5.95. The van der Waals surface area contributed by atoms with E-state index < -0.39 is 36.7 Å². The van der Waals surface area contributed by atoms with Gasteiger partial charge in [0, 0.05) is 6.07 Å². The van der Waals surface area contributed by atoms with Crippen LogP contribution in [0.15, 0.2) is 51.9 Å². The second-order valence-corrected chi connectivity index (χ2v) is 7.38. The minimum absolute atomic E-state index is 0.0306. The topological polar surface area (TPSA) is 176 Å². The Balaban J connectivity index is 1.72. The summed E-state index contributed by atoms with van der Waals surface area (Å²) in [5, 5.41) is 49.1. The van der Waals surface area contributed by atoms with Crippen LogP contribution in [0.3, 0.4) is 0 Å². The summed E-state index contributed by atoms with van der Waals surface area (Å²) < 4.78 is 21.4. The quantitative estimate of drug-likeness (QED) is 0.357. The zero-order valence-electron chi connectivity index (χ0n) is 17.1. The first-order chi connectivity index (χ1) is 15.7. The number of aliphatic hydroxyl groups excluding tert-OH is 3. The molecule has 0 bridgehead atoms. The Hall–Kier alpha value is -3.64. The molecule has 2 aromatic carbocycles. The highest BCUT2D eigenvalue weighted by Crippen LogP contribution is 2.35. The van der Waals surface area contributed by atoms with Gasteiger partial charge in [0.2, 0.25) is 6.29 Å². The van der Waals surface area contributed by atoms with Gasteiger partial charge in [-0.15, -0.1) is 0 Å². The van der Waals surface area contributed by atoms with E-state index in [0.29, 0.717) is 5.56 Å². The van der Waals surface area contributed by atoms with Crippen molar-refractivity contribution in [1.82, 2.24) is 0 Å². The van der Waals surface area contributed by atoms with E-state index in [4.69, 9.17) is 18.6 Å². The van der Waals surface area contributed by atoms with Crippen molar-refractivity contribution in [2.24, 2.45) is 0 Å². The second-order valence-electron chi connectivity index (χ2n) is 7.38. The van der Waals surface area contributed by atoms with E-state index in [1.807, 2.05) is 0 Å². The molecular formula is C22H20O11. The number of hydrogen-bond donors (Lipinski definition) is 5. The molecule has 5 N–H and O–H groups in total. The minimum atomic E-state index is -1.87. The Labute approximate surface area is 185 Å². The number of phenolic OH excluding ortho intramolecular Hbond substituents is 1. The maximum absolute atomic E-state index is 12.9. The summed E-state index contributed by atoms with van der Waals surface area (Å²) in [5.74, 6) is -1.48. The normalized spacial score (nSPS) is 25.0. The third-order valence-corrected chi connectivity index (χ3v) is 5.29. The van der Waals surface area contributed by atoms with Crippen molar-refractivity contribution >= 4 is 16.9 Å². The van der Waals surface area contributed by atoms with E-state index in [9.17, 15) is 35.1 Å². The summed E-state index contributed by atoms with van der Waals surface area (Å²) in [5.41, 5.74) is 0.311. The lowest BCUT2D eigenvalue weighted by atomic mass is 9.99. The molecule has 0 radical (unpaired) electrons. The molecule has 2 heterocycles. The van der Waals surface area contributed by atoms with Crippen molar-refractivity contribution in [3.63, 3.8) is 0 Å². The number of carboxylic acids is 1. The fraction of sp³-hybridized carbons (Fsp3) is 0.273. The van der Waals surface area contributed by atoms with Crippen molar-refractivity contribution in [1.29, 1.82) is 0 Å². The van der Waals surface area contributed by atoms with Crippen molar-refractivity contribution in [3.8, 4) is 28.4 Å². The van der Waals surface area contributed by atoms with Gasteiger partial charge in [0.05, 0.1) is 18.1 Å². The van der Waals surface area contributed by atoms with Gasteiger partial charge < -0.3 is 44.2 Å². The maximum atomic E-state index is 12.9. The number of benzene rings is 2. The van der Waals surface area contributed by atoms with E-state index >= 15 is 0 Å². The number of aromatic hydroxyl groups is 1. The van der Waals surface area contributed by atoms with Crippen LogP contribution in [0.2, 0.25) is 0 Å². The van der Waals surface area contributed by atoms with Crippen molar-refractivity contribution in [3.05, 3.63) is 52.9 Å². The first-order valence-electron chi connectivity index (χ1n) is 9.73. The number of phenols is 1. The van der Waals surface area contributed by atoms with Crippen LogP contribution < -0.4 is 14.9 Å². The second kappa shape index (κ2) is 8.71. The number of aliphatic carboxylic acids is 1. The van der Waals surface area contributed by atoms with Crippen LogP contribution in [-0.4, -0.2) is 69.3 Å². The molecule has 4 rings (SSSR count). The van der Waals surface area contributed by atoms with Gasteiger partial charge in [-0.2, -0.15) is 0 Å². The van der Waals surface area contributed by atoms with Crippen molar-refractivity contribution < 1.29 is 49.0 Å². The average Bonchev–Trinajstić information content (AvgIpc) is 2.79. The number of rotatable bonds is 5.